The summed E-state index contributed by atoms with van der Waals surface area (Å²) >= 11 is 0. The number of nitrogens with zero attached hydrogens (tertiary/aromatic N) is 8. The van der Waals surface area contributed by atoms with E-state index in [9.17, 15) is 10.5 Å². The van der Waals surface area contributed by atoms with Crippen molar-refractivity contribution in [1.82, 2.24) is 19.9 Å². The average molecular weight is 550 g/mol. The first-order valence-electron chi connectivity index (χ1n) is 11.9. The van der Waals surface area contributed by atoms with E-state index < -0.39 is 0 Å². The summed E-state index contributed by atoms with van der Waals surface area (Å²) in [4.78, 5) is 16.3. The molecule has 12 heteroatoms. The molecule has 198 valence electrons. The molecule has 0 spiro atoms. The average Bonchev–Trinajstić information content (AvgIpc) is 3.01. The van der Waals surface area contributed by atoms with E-state index in [2.05, 4.69) is 19.9 Å². The summed E-state index contributed by atoms with van der Waals surface area (Å²) in [5, 5.41) is 36.6. The van der Waals surface area contributed by atoms with Gasteiger partial charge in [-0.2, -0.15) is 21.0 Å². The van der Waals surface area contributed by atoms with Crippen LogP contribution in [0, 0.1) is 45.3 Å². The summed E-state index contributed by atoms with van der Waals surface area (Å²) in [7, 11) is 0. The predicted octanol–water partition coefficient (Wildman–Crippen LogP) is 5.92. The van der Waals surface area contributed by atoms with Crippen molar-refractivity contribution in [1.29, 1.82) is 21.0 Å². The summed E-state index contributed by atoms with van der Waals surface area (Å²) in [6.07, 6.45) is 2.52. The lowest BCUT2D eigenvalue weighted by atomic mass is 10.1. The first-order chi connectivity index (χ1) is 20.6. The Morgan fingerprint density at radius 1 is 0.405 bits per heavy atom. The molecule has 0 saturated heterocycles. The molecule has 42 heavy (non-hydrogen) atoms. The van der Waals surface area contributed by atoms with Gasteiger partial charge >= 0.3 is 0 Å². The molecule has 0 aliphatic heterocycles. The van der Waals surface area contributed by atoms with Crippen LogP contribution in [0.5, 0.6) is 46.5 Å². The fourth-order valence-electron chi connectivity index (χ4n) is 3.51. The van der Waals surface area contributed by atoms with Gasteiger partial charge in [-0.05, 0) is 48.5 Å². The van der Waals surface area contributed by atoms with Crippen molar-refractivity contribution in [3.63, 3.8) is 0 Å². The first kappa shape index (κ1) is 26.6. The smallest absolute Gasteiger partial charge is 0.226 e. The number of rotatable bonds is 8. The Hall–Kier alpha value is -7.02. The molecule has 0 aliphatic rings. The van der Waals surface area contributed by atoms with Gasteiger partial charge in [-0.3, -0.25) is 0 Å². The van der Waals surface area contributed by atoms with Gasteiger partial charge in [0.2, 0.25) is 23.5 Å². The third-order valence-electron chi connectivity index (χ3n) is 5.39. The molecule has 0 aliphatic carbocycles. The summed E-state index contributed by atoms with van der Waals surface area (Å²) in [6, 6.07) is 26.4. The molecule has 0 atom stereocenters. The molecule has 0 saturated carbocycles. The van der Waals surface area contributed by atoms with Gasteiger partial charge in [0.25, 0.3) is 0 Å². The van der Waals surface area contributed by atoms with Gasteiger partial charge < -0.3 is 18.9 Å². The highest BCUT2D eigenvalue weighted by Crippen LogP contribution is 2.30. The number of hydrogen-bond acceptors (Lipinski definition) is 12. The Morgan fingerprint density at radius 3 is 1.12 bits per heavy atom. The highest BCUT2D eigenvalue weighted by atomic mass is 16.5. The van der Waals surface area contributed by atoms with Crippen molar-refractivity contribution in [3.05, 3.63) is 108 Å². The van der Waals surface area contributed by atoms with Crippen LogP contribution in [0.25, 0.3) is 0 Å². The van der Waals surface area contributed by atoms with Crippen molar-refractivity contribution < 1.29 is 18.9 Å². The molecule has 2 heterocycles. The van der Waals surface area contributed by atoms with Crippen LogP contribution in [0.1, 0.15) is 22.3 Å². The molecule has 0 unspecified atom stereocenters. The quantitative estimate of drug-likeness (QED) is 0.222. The van der Waals surface area contributed by atoms with Crippen LogP contribution < -0.4 is 18.9 Å². The largest absolute Gasteiger partial charge is 0.439 e. The van der Waals surface area contributed by atoms with E-state index in [1.54, 1.807) is 36.4 Å². The van der Waals surface area contributed by atoms with Crippen molar-refractivity contribution >= 4 is 0 Å². The standard InChI is InChI=1S/C30H14N8O4/c31-13-19-4-6-25(8-21(19)15-33)41-29-11-27(35-17-37-29)39-23-2-1-3-24(10-23)40-28-12-30(38-18-36-28)42-26-7-5-20(14-32)22(9-26)16-34/h1-12,17-18H. The molecule has 2 aromatic heterocycles. The Balaban J connectivity index is 1.27. The summed E-state index contributed by atoms with van der Waals surface area (Å²) in [6.45, 7) is 0. The molecule has 0 N–H and O–H groups in total. The molecule has 12 nitrogen and oxygen atoms in total. The zero-order valence-corrected chi connectivity index (χ0v) is 21.3. The van der Waals surface area contributed by atoms with Crippen molar-refractivity contribution in [3.8, 4) is 70.8 Å². The second-order valence-corrected chi connectivity index (χ2v) is 8.13. The van der Waals surface area contributed by atoms with E-state index in [0.717, 1.165) is 0 Å². The maximum absolute atomic E-state index is 9.23. The van der Waals surface area contributed by atoms with Crippen LogP contribution in [0.3, 0.4) is 0 Å². The van der Waals surface area contributed by atoms with E-state index in [1.165, 1.54) is 49.1 Å². The summed E-state index contributed by atoms with van der Waals surface area (Å²) in [5.74, 6) is 2.14. The molecular weight excluding hydrogens is 536 g/mol. The number of hydrogen-bond donors (Lipinski definition) is 0. The number of ether oxygens (including phenoxy) is 4. The van der Waals surface area contributed by atoms with Crippen molar-refractivity contribution in [2.45, 2.75) is 0 Å². The second kappa shape index (κ2) is 12.2. The van der Waals surface area contributed by atoms with E-state index >= 15 is 0 Å². The van der Waals surface area contributed by atoms with Gasteiger partial charge in [-0.1, -0.05) is 6.07 Å². The molecule has 5 rings (SSSR count). The minimum atomic E-state index is 0.165. The van der Waals surface area contributed by atoms with E-state index in [4.69, 9.17) is 29.5 Å². The van der Waals surface area contributed by atoms with Gasteiger partial charge in [-0.25, -0.2) is 19.9 Å². The van der Waals surface area contributed by atoms with E-state index in [-0.39, 0.29) is 45.8 Å². The molecule has 3 aromatic carbocycles. The second-order valence-electron chi connectivity index (χ2n) is 8.13. The minimum absolute atomic E-state index is 0.165. The SMILES string of the molecule is N#Cc1ccc(Oc2cc(Oc3cccc(Oc4cc(Oc5ccc(C#N)c(C#N)c5)ncn4)c3)ncn2)cc1C#N. The van der Waals surface area contributed by atoms with Crippen molar-refractivity contribution in [2.24, 2.45) is 0 Å². The summed E-state index contributed by atoms with van der Waals surface area (Å²) < 4.78 is 23.1. The molecule has 0 fully saturated rings. The molecule has 0 bridgehead atoms. The van der Waals surface area contributed by atoms with Gasteiger partial charge in [0.15, 0.2) is 0 Å². The zero-order valence-electron chi connectivity index (χ0n) is 21.3. The molecule has 0 radical (unpaired) electrons. The van der Waals surface area contributed by atoms with E-state index in [0.29, 0.717) is 23.0 Å². The highest BCUT2D eigenvalue weighted by molar-refractivity contribution is 5.51. The maximum atomic E-state index is 9.23. The van der Waals surface area contributed by atoms with Crippen LogP contribution in [-0.2, 0) is 0 Å². The zero-order chi connectivity index (χ0) is 29.3. The van der Waals surface area contributed by atoms with Gasteiger partial charge in [0, 0.05) is 6.07 Å². The van der Waals surface area contributed by atoms with E-state index in [1.807, 2.05) is 24.3 Å². The topological polar surface area (TPSA) is 184 Å². The van der Waals surface area contributed by atoms with Crippen LogP contribution in [0.4, 0.5) is 0 Å². The minimum Gasteiger partial charge on any atom is -0.439 e. The Kier molecular flexibility index (Phi) is 7.74. The maximum Gasteiger partial charge on any atom is 0.226 e. The third-order valence-corrected chi connectivity index (χ3v) is 5.39. The highest BCUT2D eigenvalue weighted by Gasteiger charge is 2.10. The lowest BCUT2D eigenvalue weighted by Crippen LogP contribution is -1.95. The Bertz CT molecular complexity index is 1830. The number of nitriles is 4. The fraction of sp³-hybridized carbons (Fsp3) is 0. The molecule has 5 aromatic rings. The van der Waals surface area contributed by atoms with Crippen LogP contribution in [0.2, 0.25) is 0 Å². The van der Waals surface area contributed by atoms with Gasteiger partial charge in [-0.15, -0.1) is 0 Å². The normalized spacial score (nSPS) is 9.81. The van der Waals surface area contributed by atoms with Gasteiger partial charge in [0.05, 0.1) is 34.4 Å². The monoisotopic (exact) mass is 550 g/mol. The van der Waals surface area contributed by atoms with Gasteiger partial charge in [0.1, 0.15) is 59.9 Å². The lowest BCUT2D eigenvalue weighted by Gasteiger charge is -2.10. The Labute approximate surface area is 238 Å². The number of aromatic nitrogens is 4. The van der Waals surface area contributed by atoms with Crippen molar-refractivity contribution in [2.75, 3.05) is 0 Å². The fourth-order valence-corrected chi connectivity index (χ4v) is 3.51. The molecule has 0 amide bonds. The molecular formula is C30H14N8O4. The lowest BCUT2D eigenvalue weighted by molar-refractivity contribution is 0.422. The summed E-state index contributed by atoms with van der Waals surface area (Å²) in [5.41, 5.74) is 0.846. The van der Waals surface area contributed by atoms with Crippen LogP contribution >= 0.6 is 0 Å². The first-order valence-corrected chi connectivity index (χ1v) is 11.9. The number of benzene rings is 3. The van der Waals surface area contributed by atoms with Crippen LogP contribution in [0.15, 0.2) is 85.5 Å². The Morgan fingerprint density at radius 2 is 0.762 bits per heavy atom. The third kappa shape index (κ3) is 6.33. The predicted molar refractivity (Wildman–Crippen MR) is 143 cm³/mol. The van der Waals surface area contributed by atoms with Crippen LogP contribution in [-0.4, -0.2) is 19.9 Å².